The van der Waals surface area contributed by atoms with E-state index in [0.717, 1.165) is 17.9 Å². The molecule has 0 fully saturated rings. The summed E-state index contributed by atoms with van der Waals surface area (Å²) in [5, 5.41) is 0. The van der Waals surface area contributed by atoms with Gasteiger partial charge in [-0.15, -0.1) is 12.6 Å². The highest BCUT2D eigenvalue weighted by molar-refractivity contribution is 7.80. The van der Waals surface area contributed by atoms with Gasteiger partial charge >= 0.3 is 0 Å². The maximum atomic E-state index is 5.14. The van der Waals surface area contributed by atoms with Crippen molar-refractivity contribution in [1.82, 2.24) is 5.43 Å². The highest BCUT2D eigenvalue weighted by atomic mass is 32.1. The first kappa shape index (κ1) is 8.59. The molecule has 1 aromatic rings. The zero-order valence-electron chi connectivity index (χ0n) is 6.25. The molecule has 0 saturated heterocycles. The maximum Gasteiger partial charge on any atom is 0.0138 e. The number of nitrogens with two attached hydrogens (primary N) is 1. The van der Waals surface area contributed by atoms with Gasteiger partial charge in [0.2, 0.25) is 0 Å². The highest BCUT2D eigenvalue weighted by Crippen LogP contribution is 2.07. The Kier molecular flexibility index (Phi) is 3.42. The minimum Gasteiger partial charge on any atom is -0.271 e. The fraction of sp³-hybridized carbons (Fsp3) is 0.250. The predicted octanol–water partition coefficient (Wildman–Crippen LogP) is 0.981. The topological polar surface area (TPSA) is 38.0 Å². The number of benzene rings is 1. The summed E-state index contributed by atoms with van der Waals surface area (Å²) in [5.74, 6) is 5.14. The zero-order chi connectivity index (χ0) is 8.10. The van der Waals surface area contributed by atoms with Crippen molar-refractivity contribution in [3.05, 3.63) is 29.8 Å². The van der Waals surface area contributed by atoms with Gasteiger partial charge in [-0.05, 0) is 24.1 Å². The van der Waals surface area contributed by atoms with Gasteiger partial charge in [0.1, 0.15) is 0 Å². The Morgan fingerprint density at radius 3 is 2.45 bits per heavy atom. The monoisotopic (exact) mass is 168 g/mol. The Labute approximate surface area is 72.2 Å². The zero-order valence-corrected chi connectivity index (χ0v) is 7.14. The summed E-state index contributed by atoms with van der Waals surface area (Å²) in [5.41, 5.74) is 3.89. The molecule has 3 heteroatoms. The average Bonchev–Trinajstić information content (AvgIpc) is 2.04. The fourth-order valence-corrected chi connectivity index (χ4v) is 1.03. The van der Waals surface area contributed by atoms with E-state index < -0.39 is 0 Å². The lowest BCUT2D eigenvalue weighted by atomic mass is 10.2. The Morgan fingerprint density at radius 1 is 1.27 bits per heavy atom. The van der Waals surface area contributed by atoms with E-state index in [1.807, 2.05) is 12.1 Å². The number of hydrogen-bond donors (Lipinski definition) is 3. The van der Waals surface area contributed by atoms with E-state index in [0.29, 0.717) is 0 Å². The molecule has 0 atom stereocenters. The molecule has 2 nitrogen and oxygen atoms in total. The van der Waals surface area contributed by atoms with E-state index in [1.54, 1.807) is 0 Å². The second-order valence-corrected chi connectivity index (χ2v) is 2.89. The molecular formula is C8H12N2S. The first-order valence-electron chi connectivity index (χ1n) is 3.54. The molecule has 0 saturated carbocycles. The Hall–Kier alpha value is -0.510. The first-order chi connectivity index (χ1) is 5.33. The van der Waals surface area contributed by atoms with Gasteiger partial charge in [0.15, 0.2) is 0 Å². The quantitative estimate of drug-likeness (QED) is 0.357. The number of nitrogens with one attached hydrogen (secondary N) is 1. The molecule has 1 rings (SSSR count). The van der Waals surface area contributed by atoms with Crippen LogP contribution in [-0.2, 0) is 6.42 Å². The number of thiol groups is 1. The normalized spacial score (nSPS) is 10.0. The van der Waals surface area contributed by atoms with Crippen LogP contribution < -0.4 is 11.3 Å². The lowest BCUT2D eigenvalue weighted by Gasteiger charge is -1.99. The summed E-state index contributed by atoms with van der Waals surface area (Å²) in [7, 11) is 0. The van der Waals surface area contributed by atoms with Crippen LogP contribution >= 0.6 is 12.6 Å². The van der Waals surface area contributed by atoms with Crippen molar-refractivity contribution in [2.24, 2.45) is 5.84 Å². The van der Waals surface area contributed by atoms with Crippen molar-refractivity contribution in [3.63, 3.8) is 0 Å². The summed E-state index contributed by atoms with van der Waals surface area (Å²) in [6.45, 7) is 0.811. The minimum atomic E-state index is 0.811. The van der Waals surface area contributed by atoms with Gasteiger partial charge in [-0.25, -0.2) is 0 Å². The van der Waals surface area contributed by atoms with Crippen molar-refractivity contribution in [2.45, 2.75) is 11.3 Å². The largest absolute Gasteiger partial charge is 0.271 e. The van der Waals surface area contributed by atoms with Gasteiger partial charge < -0.3 is 0 Å². The standard InChI is InChI=1S/C8H12N2S/c9-10-6-5-7-1-3-8(11)4-2-7/h1-4,10-11H,5-6,9H2. The molecule has 0 aliphatic carbocycles. The van der Waals surface area contributed by atoms with Crippen LogP contribution in [0.5, 0.6) is 0 Å². The van der Waals surface area contributed by atoms with Gasteiger partial charge in [0, 0.05) is 11.4 Å². The number of rotatable bonds is 3. The van der Waals surface area contributed by atoms with E-state index >= 15 is 0 Å². The van der Waals surface area contributed by atoms with Crippen LogP contribution in [0, 0.1) is 0 Å². The molecule has 0 aliphatic rings. The fourth-order valence-electron chi connectivity index (χ4n) is 0.879. The molecule has 0 radical (unpaired) electrons. The summed E-state index contributed by atoms with van der Waals surface area (Å²) in [6.07, 6.45) is 0.963. The lowest BCUT2D eigenvalue weighted by Crippen LogP contribution is -2.24. The second-order valence-electron chi connectivity index (χ2n) is 2.37. The number of hydrazine groups is 1. The van der Waals surface area contributed by atoms with Gasteiger partial charge in [-0.1, -0.05) is 12.1 Å². The van der Waals surface area contributed by atoms with Gasteiger partial charge in [-0.3, -0.25) is 11.3 Å². The van der Waals surface area contributed by atoms with E-state index in [2.05, 4.69) is 30.2 Å². The summed E-state index contributed by atoms with van der Waals surface area (Å²) in [4.78, 5) is 0.995. The molecule has 0 bridgehead atoms. The Bertz CT molecular complexity index is 208. The average molecular weight is 168 g/mol. The van der Waals surface area contributed by atoms with E-state index in [-0.39, 0.29) is 0 Å². The minimum absolute atomic E-state index is 0.811. The van der Waals surface area contributed by atoms with Gasteiger partial charge in [0.05, 0.1) is 0 Å². The smallest absolute Gasteiger partial charge is 0.0138 e. The van der Waals surface area contributed by atoms with E-state index in [9.17, 15) is 0 Å². The number of hydrogen-bond acceptors (Lipinski definition) is 3. The van der Waals surface area contributed by atoms with Crippen LogP contribution in [0.2, 0.25) is 0 Å². The summed E-state index contributed by atoms with van der Waals surface area (Å²) < 4.78 is 0. The van der Waals surface area contributed by atoms with Crippen LogP contribution in [0.15, 0.2) is 29.2 Å². The lowest BCUT2D eigenvalue weighted by molar-refractivity contribution is 0.728. The van der Waals surface area contributed by atoms with Crippen molar-refractivity contribution in [2.75, 3.05) is 6.54 Å². The second kappa shape index (κ2) is 4.38. The van der Waals surface area contributed by atoms with E-state index in [1.165, 1.54) is 5.56 Å². The molecule has 0 spiro atoms. The third-order valence-electron chi connectivity index (χ3n) is 1.49. The van der Waals surface area contributed by atoms with Crippen LogP contribution in [-0.4, -0.2) is 6.54 Å². The van der Waals surface area contributed by atoms with Crippen LogP contribution in [0.25, 0.3) is 0 Å². The van der Waals surface area contributed by atoms with Crippen molar-refractivity contribution in [1.29, 1.82) is 0 Å². The van der Waals surface area contributed by atoms with Gasteiger partial charge in [0.25, 0.3) is 0 Å². The van der Waals surface area contributed by atoms with Crippen LogP contribution in [0.3, 0.4) is 0 Å². The van der Waals surface area contributed by atoms with Crippen molar-refractivity contribution in [3.8, 4) is 0 Å². The molecule has 1 aromatic carbocycles. The molecule has 60 valence electrons. The van der Waals surface area contributed by atoms with Crippen LogP contribution in [0.1, 0.15) is 5.56 Å². The molecule has 0 amide bonds. The molecule has 0 aromatic heterocycles. The molecule has 0 unspecified atom stereocenters. The highest BCUT2D eigenvalue weighted by Gasteiger charge is 1.90. The maximum absolute atomic E-state index is 5.14. The SMILES string of the molecule is NNCCc1ccc(S)cc1. The van der Waals surface area contributed by atoms with Crippen molar-refractivity contribution < 1.29 is 0 Å². The Balaban J connectivity index is 2.52. The van der Waals surface area contributed by atoms with Crippen LogP contribution in [0.4, 0.5) is 0 Å². The van der Waals surface area contributed by atoms with Crippen molar-refractivity contribution >= 4 is 12.6 Å². The summed E-state index contributed by atoms with van der Waals surface area (Å²) in [6, 6.07) is 8.07. The summed E-state index contributed by atoms with van der Waals surface area (Å²) >= 11 is 4.18. The first-order valence-corrected chi connectivity index (χ1v) is 3.99. The molecule has 3 N–H and O–H groups in total. The van der Waals surface area contributed by atoms with E-state index in [4.69, 9.17) is 5.84 Å². The molecule has 11 heavy (non-hydrogen) atoms. The third-order valence-corrected chi connectivity index (χ3v) is 1.79. The van der Waals surface area contributed by atoms with Gasteiger partial charge in [-0.2, -0.15) is 0 Å². The predicted molar refractivity (Wildman–Crippen MR) is 49.6 cm³/mol. The molecular weight excluding hydrogens is 156 g/mol. The Morgan fingerprint density at radius 2 is 1.91 bits per heavy atom. The molecule has 0 heterocycles. The third kappa shape index (κ3) is 2.93. The molecule has 0 aliphatic heterocycles.